The summed E-state index contributed by atoms with van der Waals surface area (Å²) in [4.78, 5) is 0. The van der Waals surface area contributed by atoms with Gasteiger partial charge in [0.1, 0.15) is 0 Å². The molecule has 0 N–H and O–H groups in total. The van der Waals surface area contributed by atoms with E-state index in [1.54, 1.807) is 0 Å². The van der Waals surface area contributed by atoms with Crippen LogP contribution in [0.25, 0.3) is 0 Å². The van der Waals surface area contributed by atoms with Crippen LogP contribution in [0.2, 0.25) is 0 Å². The third-order valence-electron chi connectivity index (χ3n) is 0. The minimum absolute atomic E-state index is 0. The summed E-state index contributed by atoms with van der Waals surface area (Å²) < 4.78 is 34.4. The molecule has 4 nitrogen and oxygen atoms in total. The van der Waals surface area contributed by atoms with E-state index in [4.69, 9.17) is 16.0 Å². The molecular weight excluding hydrogens is 337 g/mol. The van der Waals surface area contributed by atoms with Crippen molar-refractivity contribution in [3.63, 3.8) is 0 Å². The van der Waals surface area contributed by atoms with Gasteiger partial charge in [-0.05, 0) is 0 Å². The van der Waals surface area contributed by atoms with Crippen molar-refractivity contribution in [1.29, 1.82) is 0 Å². The third kappa shape index (κ3) is 50.2. The van der Waals surface area contributed by atoms with Crippen LogP contribution in [0.1, 0.15) is 0 Å². The summed E-state index contributed by atoms with van der Waals surface area (Å²) in [5, 5.41) is 0. The molecule has 0 atom stereocenters. The van der Waals surface area contributed by atoms with Gasteiger partial charge in [0, 0.05) is 0 Å². The summed E-state index contributed by atoms with van der Waals surface area (Å²) in [7, 11) is 0. The molecule has 0 aromatic heterocycles. The van der Waals surface area contributed by atoms with E-state index in [0.29, 0.717) is 0 Å². The van der Waals surface area contributed by atoms with Crippen LogP contribution in [0.15, 0.2) is 0 Å². The average molecular weight is 337 g/mol. The van der Waals surface area contributed by atoms with Gasteiger partial charge in [0.15, 0.2) is 0 Å². The zero-order valence-corrected chi connectivity index (χ0v) is 14.9. The fourth-order valence-corrected chi connectivity index (χ4v) is 0. The van der Waals surface area contributed by atoms with Gasteiger partial charge >= 0.3 is 119 Å². The van der Waals surface area contributed by atoms with Gasteiger partial charge in [-0.15, -0.1) is 0 Å². The molecule has 0 aliphatic rings. The first-order valence-electron chi connectivity index (χ1n) is 0.730. The fraction of sp³-hybridized carbons (Fsp3) is 0. The number of hydrogen-bond donors (Lipinski definition) is 0. The molecular formula is AsCsO4Zn. The zero-order chi connectivity index (χ0) is 4.50. The zero-order valence-electron chi connectivity index (χ0n) is 3.79. The SMILES string of the molecule is O=[As]([O-])([O-])[O-].[Cs+].[Zn+2]. The first-order valence-corrected chi connectivity index (χ1v) is 3.79. The van der Waals surface area contributed by atoms with Crippen molar-refractivity contribution >= 4 is 14.5 Å². The molecule has 0 fully saturated rings. The van der Waals surface area contributed by atoms with Crippen LogP contribution >= 0.6 is 0 Å². The molecule has 32 valence electrons. The molecule has 0 saturated heterocycles. The van der Waals surface area contributed by atoms with Crippen molar-refractivity contribution in [3.05, 3.63) is 0 Å². The molecule has 0 heterocycles. The fourth-order valence-electron chi connectivity index (χ4n) is 0. The Bertz CT molecular complexity index is 57.8. The van der Waals surface area contributed by atoms with Gasteiger partial charge in [-0.3, -0.25) is 0 Å². The van der Waals surface area contributed by atoms with Crippen LogP contribution in [0.5, 0.6) is 0 Å². The van der Waals surface area contributed by atoms with E-state index in [-0.39, 0.29) is 88.4 Å². The van der Waals surface area contributed by atoms with E-state index in [1.807, 2.05) is 0 Å². The Labute approximate surface area is 116 Å². The van der Waals surface area contributed by atoms with E-state index in [1.165, 1.54) is 0 Å². The minimum atomic E-state index is -5.88. The van der Waals surface area contributed by atoms with Crippen molar-refractivity contribution in [3.8, 4) is 0 Å². The van der Waals surface area contributed by atoms with Gasteiger partial charge in [-0.1, -0.05) is 0 Å². The molecule has 0 bridgehead atoms. The molecule has 0 amide bonds. The van der Waals surface area contributed by atoms with E-state index in [9.17, 15) is 0 Å². The Balaban J connectivity index is -0.0000000800. The summed E-state index contributed by atoms with van der Waals surface area (Å²) in [6, 6.07) is 0. The van der Waals surface area contributed by atoms with Crippen molar-refractivity contribution in [2.75, 3.05) is 0 Å². The topological polar surface area (TPSA) is 86.2 Å². The van der Waals surface area contributed by atoms with Crippen LogP contribution in [0.4, 0.5) is 0 Å². The predicted octanol–water partition coefficient (Wildman–Crippen LogP) is -7.07. The molecule has 0 unspecified atom stereocenters. The van der Waals surface area contributed by atoms with E-state index in [2.05, 4.69) is 0 Å². The maximum Gasteiger partial charge on any atom is 2.00 e. The minimum Gasteiger partial charge on any atom is 1.00 e. The van der Waals surface area contributed by atoms with Crippen LogP contribution in [0, 0.1) is 0 Å². The van der Waals surface area contributed by atoms with Gasteiger partial charge < -0.3 is 0 Å². The molecule has 0 aliphatic carbocycles. The van der Waals surface area contributed by atoms with Crippen molar-refractivity contribution in [1.82, 2.24) is 0 Å². The second-order valence-corrected chi connectivity index (χ2v) is 2.32. The summed E-state index contributed by atoms with van der Waals surface area (Å²) >= 11 is -5.88. The molecule has 7 heteroatoms. The van der Waals surface area contributed by atoms with Gasteiger partial charge in [0.25, 0.3) is 0 Å². The Hall–Kier alpha value is 2.91. The molecule has 0 spiro atoms. The second kappa shape index (κ2) is 7.03. The van der Waals surface area contributed by atoms with Crippen LogP contribution in [-0.2, 0) is 23.2 Å². The first-order chi connectivity index (χ1) is 2.00. The van der Waals surface area contributed by atoms with E-state index in [0.717, 1.165) is 0 Å². The number of rotatable bonds is 0. The first kappa shape index (κ1) is 16.5. The van der Waals surface area contributed by atoms with Gasteiger partial charge in [0.2, 0.25) is 0 Å². The maximum absolute atomic E-state index is 8.61. The Morgan fingerprint density at radius 2 is 1.14 bits per heavy atom. The van der Waals surface area contributed by atoms with Crippen molar-refractivity contribution in [2.45, 2.75) is 0 Å². The molecule has 0 rings (SSSR count). The molecule has 0 radical (unpaired) electrons. The van der Waals surface area contributed by atoms with Crippen LogP contribution in [-0.4, -0.2) is 14.5 Å². The normalized spacial score (nSPS) is 8.43. The standard InChI is InChI=1S/AsH3O4.Cs.Zn/c2-1(3,4)5;;/h(H3,2,3,4,5);;/q;+1;+2/p-3. The summed E-state index contributed by atoms with van der Waals surface area (Å²) in [6.45, 7) is 0. The van der Waals surface area contributed by atoms with Crippen LogP contribution < -0.4 is 81.2 Å². The quantitative estimate of drug-likeness (QED) is 0.411. The van der Waals surface area contributed by atoms with Gasteiger partial charge in [0.05, 0.1) is 0 Å². The number of hydrogen-bond acceptors (Lipinski definition) is 4. The summed E-state index contributed by atoms with van der Waals surface area (Å²) in [6.07, 6.45) is 0. The van der Waals surface area contributed by atoms with Gasteiger partial charge in [-0.2, -0.15) is 0 Å². The molecule has 0 aliphatic heterocycles. The second-order valence-electron chi connectivity index (χ2n) is 0.447. The molecule has 0 aromatic rings. The summed E-state index contributed by atoms with van der Waals surface area (Å²) in [5.74, 6) is 0. The molecule has 0 aromatic carbocycles. The average Bonchev–Trinajstić information content (AvgIpc) is 0.722. The predicted molar refractivity (Wildman–Crippen MR) is 6.44 cm³/mol. The van der Waals surface area contributed by atoms with E-state index >= 15 is 0 Å². The molecule has 0 saturated carbocycles. The Morgan fingerprint density at radius 3 is 1.14 bits per heavy atom. The van der Waals surface area contributed by atoms with Crippen LogP contribution in [0.3, 0.4) is 0 Å². The Morgan fingerprint density at radius 1 is 1.14 bits per heavy atom. The van der Waals surface area contributed by atoms with E-state index < -0.39 is 14.5 Å². The largest absolute Gasteiger partial charge is 2.00 e. The Kier molecular flexibility index (Phi) is 16.5. The smallest absolute Gasteiger partial charge is 1.00 e. The maximum atomic E-state index is 8.61. The van der Waals surface area contributed by atoms with Crippen molar-refractivity contribution < 1.29 is 104 Å². The van der Waals surface area contributed by atoms with Gasteiger partial charge in [-0.25, -0.2) is 0 Å². The molecule has 7 heavy (non-hydrogen) atoms. The van der Waals surface area contributed by atoms with Crippen molar-refractivity contribution in [2.24, 2.45) is 0 Å². The third-order valence-corrected chi connectivity index (χ3v) is 0. The monoisotopic (exact) mass is 336 g/mol. The summed E-state index contributed by atoms with van der Waals surface area (Å²) in [5.41, 5.74) is 0.